The van der Waals surface area contributed by atoms with Crippen LogP contribution < -0.4 is 10.6 Å². The van der Waals surface area contributed by atoms with Gasteiger partial charge in [-0.1, -0.05) is 0 Å². The van der Waals surface area contributed by atoms with Gasteiger partial charge < -0.3 is 15.4 Å². The fourth-order valence-corrected chi connectivity index (χ4v) is 2.39. The molecule has 0 aliphatic carbocycles. The molecule has 1 fully saturated rings. The number of anilines is 2. The van der Waals surface area contributed by atoms with E-state index < -0.39 is 0 Å². The van der Waals surface area contributed by atoms with Crippen LogP contribution in [0.4, 0.5) is 11.8 Å². The van der Waals surface area contributed by atoms with Gasteiger partial charge in [0, 0.05) is 26.8 Å². The van der Waals surface area contributed by atoms with Crippen LogP contribution in [0.1, 0.15) is 24.8 Å². The van der Waals surface area contributed by atoms with Gasteiger partial charge in [0.1, 0.15) is 17.5 Å². The summed E-state index contributed by atoms with van der Waals surface area (Å²) in [5, 5.41) is 8.82. The lowest BCUT2D eigenvalue weighted by Crippen LogP contribution is -2.37. The van der Waals surface area contributed by atoms with Crippen LogP contribution in [-0.2, 0) is 4.74 Å². The molecule has 0 aromatic carbocycles. The third kappa shape index (κ3) is 3.32. The minimum absolute atomic E-state index is 0.256. The van der Waals surface area contributed by atoms with Crippen molar-refractivity contribution in [2.24, 2.45) is 5.92 Å². The summed E-state index contributed by atoms with van der Waals surface area (Å²) in [6.45, 7) is 2.65. The molecule has 0 saturated carbocycles. The number of nitrogen functional groups attached to an aromatic ring is 1. The topological polar surface area (TPSA) is 88.1 Å². The number of piperidine rings is 1. The maximum Gasteiger partial charge on any atom is 0.227 e. The average molecular weight is 261 g/mol. The van der Waals surface area contributed by atoms with Crippen molar-refractivity contribution < 1.29 is 4.74 Å². The molecule has 0 radical (unpaired) electrons. The highest BCUT2D eigenvalue weighted by Crippen LogP contribution is 2.23. The third-order valence-electron chi connectivity index (χ3n) is 3.46. The first-order valence-corrected chi connectivity index (χ1v) is 6.51. The molecule has 1 aromatic heterocycles. The summed E-state index contributed by atoms with van der Waals surface area (Å²) in [7, 11) is 1.73. The predicted octanol–water partition coefficient (Wildman–Crippen LogP) is 1.18. The molecule has 0 bridgehead atoms. The lowest BCUT2D eigenvalue weighted by atomic mass is 9.95. The maximum atomic E-state index is 8.82. The minimum atomic E-state index is 0.256. The van der Waals surface area contributed by atoms with Crippen molar-refractivity contribution in [1.29, 1.82) is 5.26 Å². The van der Waals surface area contributed by atoms with Crippen LogP contribution in [0.15, 0.2) is 6.20 Å². The van der Waals surface area contributed by atoms with E-state index >= 15 is 0 Å². The predicted molar refractivity (Wildman–Crippen MR) is 72.6 cm³/mol. The van der Waals surface area contributed by atoms with Crippen molar-refractivity contribution in [1.82, 2.24) is 9.97 Å². The average Bonchev–Trinajstić information content (AvgIpc) is 2.45. The highest BCUT2D eigenvalue weighted by atomic mass is 16.5. The van der Waals surface area contributed by atoms with Gasteiger partial charge in [-0.3, -0.25) is 0 Å². The standard InChI is InChI=1S/C13H19N5O/c1-19-6-4-10-3-2-5-18(9-10)13-16-8-11(7-14)12(15)17-13/h8,10H,2-6,9H2,1H3,(H2,15,16,17)/t10-/m1/s1. The molecule has 1 saturated heterocycles. The van der Waals surface area contributed by atoms with E-state index in [1.165, 1.54) is 12.6 Å². The molecule has 6 heteroatoms. The first-order valence-electron chi connectivity index (χ1n) is 6.51. The summed E-state index contributed by atoms with van der Waals surface area (Å²) < 4.78 is 5.13. The first-order chi connectivity index (χ1) is 9.24. The Morgan fingerprint density at radius 2 is 2.47 bits per heavy atom. The van der Waals surface area contributed by atoms with Crippen LogP contribution in [0.3, 0.4) is 0 Å². The third-order valence-corrected chi connectivity index (χ3v) is 3.46. The van der Waals surface area contributed by atoms with Crippen LogP contribution in [0.5, 0.6) is 0 Å². The summed E-state index contributed by atoms with van der Waals surface area (Å²) in [6, 6.07) is 1.98. The fourth-order valence-electron chi connectivity index (χ4n) is 2.39. The zero-order valence-corrected chi connectivity index (χ0v) is 11.2. The molecule has 19 heavy (non-hydrogen) atoms. The van der Waals surface area contributed by atoms with E-state index in [-0.39, 0.29) is 5.82 Å². The molecule has 1 aromatic rings. The molecule has 6 nitrogen and oxygen atoms in total. The number of rotatable bonds is 4. The van der Waals surface area contributed by atoms with E-state index in [9.17, 15) is 0 Å². The van der Waals surface area contributed by atoms with E-state index in [0.717, 1.165) is 32.5 Å². The van der Waals surface area contributed by atoms with Gasteiger partial charge in [-0.05, 0) is 25.2 Å². The quantitative estimate of drug-likeness (QED) is 0.875. The summed E-state index contributed by atoms with van der Waals surface area (Å²) in [5.74, 6) is 1.49. The van der Waals surface area contributed by atoms with Crippen LogP contribution in [0, 0.1) is 17.2 Å². The number of ether oxygens (including phenoxy) is 1. The Labute approximate surface area is 113 Å². The molecule has 102 valence electrons. The second-order valence-electron chi connectivity index (χ2n) is 4.82. The Bertz CT molecular complexity index is 471. The Hall–Kier alpha value is -1.87. The number of methoxy groups -OCH3 is 1. The van der Waals surface area contributed by atoms with Crippen molar-refractivity contribution >= 4 is 11.8 Å². The largest absolute Gasteiger partial charge is 0.385 e. The van der Waals surface area contributed by atoms with Crippen LogP contribution >= 0.6 is 0 Å². The molecule has 0 unspecified atom stereocenters. The normalized spacial score (nSPS) is 19.2. The Balaban J connectivity index is 2.05. The number of hydrogen-bond donors (Lipinski definition) is 1. The Morgan fingerprint density at radius 1 is 1.63 bits per heavy atom. The smallest absolute Gasteiger partial charge is 0.227 e. The SMILES string of the molecule is COCC[C@H]1CCCN(c2ncc(C#N)c(N)n2)C1. The lowest BCUT2D eigenvalue weighted by molar-refractivity contribution is 0.172. The van der Waals surface area contributed by atoms with Crippen molar-refractivity contribution in [2.75, 3.05) is 37.4 Å². The number of nitrogens with two attached hydrogens (primary N) is 1. The maximum absolute atomic E-state index is 8.82. The van der Waals surface area contributed by atoms with Gasteiger partial charge in [0.15, 0.2) is 0 Å². The van der Waals surface area contributed by atoms with Crippen molar-refractivity contribution in [2.45, 2.75) is 19.3 Å². The highest BCUT2D eigenvalue weighted by molar-refractivity contribution is 5.50. The van der Waals surface area contributed by atoms with E-state index in [1.807, 2.05) is 6.07 Å². The molecular weight excluding hydrogens is 242 g/mol. The van der Waals surface area contributed by atoms with Gasteiger partial charge in [0.2, 0.25) is 5.95 Å². The number of nitriles is 1. The highest BCUT2D eigenvalue weighted by Gasteiger charge is 2.22. The van der Waals surface area contributed by atoms with Crippen LogP contribution in [0.2, 0.25) is 0 Å². The van der Waals surface area contributed by atoms with E-state index in [0.29, 0.717) is 17.4 Å². The lowest BCUT2D eigenvalue weighted by Gasteiger charge is -2.32. The summed E-state index contributed by atoms with van der Waals surface area (Å²) in [6.07, 6.45) is 4.89. The van der Waals surface area contributed by atoms with Gasteiger partial charge in [0.25, 0.3) is 0 Å². The zero-order chi connectivity index (χ0) is 13.7. The molecule has 1 aliphatic heterocycles. The molecule has 1 aliphatic rings. The van der Waals surface area contributed by atoms with Crippen LogP contribution in [0.25, 0.3) is 0 Å². The second-order valence-corrected chi connectivity index (χ2v) is 4.82. The fraction of sp³-hybridized carbons (Fsp3) is 0.615. The van der Waals surface area contributed by atoms with E-state index in [2.05, 4.69) is 14.9 Å². The number of aromatic nitrogens is 2. The molecule has 1 atom stereocenters. The summed E-state index contributed by atoms with van der Waals surface area (Å²) in [5.41, 5.74) is 6.06. The Kier molecular flexibility index (Phi) is 4.53. The van der Waals surface area contributed by atoms with Crippen LogP contribution in [-0.4, -0.2) is 36.8 Å². The van der Waals surface area contributed by atoms with Gasteiger partial charge >= 0.3 is 0 Å². The molecule has 2 heterocycles. The van der Waals surface area contributed by atoms with E-state index in [1.54, 1.807) is 7.11 Å². The van der Waals surface area contributed by atoms with Gasteiger partial charge in [-0.2, -0.15) is 10.2 Å². The molecule has 2 N–H and O–H groups in total. The second kappa shape index (κ2) is 6.34. The van der Waals surface area contributed by atoms with E-state index in [4.69, 9.17) is 15.7 Å². The number of hydrogen-bond acceptors (Lipinski definition) is 6. The van der Waals surface area contributed by atoms with Crippen molar-refractivity contribution in [3.8, 4) is 6.07 Å². The number of nitrogens with zero attached hydrogens (tertiary/aromatic N) is 4. The van der Waals surface area contributed by atoms with Crippen molar-refractivity contribution in [3.63, 3.8) is 0 Å². The summed E-state index contributed by atoms with van der Waals surface area (Å²) in [4.78, 5) is 10.6. The molecule has 0 spiro atoms. The first kappa shape index (κ1) is 13.6. The monoisotopic (exact) mass is 261 g/mol. The van der Waals surface area contributed by atoms with Gasteiger partial charge in [-0.15, -0.1) is 0 Å². The molecule has 2 rings (SSSR count). The van der Waals surface area contributed by atoms with Gasteiger partial charge in [0.05, 0.1) is 6.20 Å². The molecular formula is C13H19N5O. The molecule has 0 amide bonds. The van der Waals surface area contributed by atoms with Crippen molar-refractivity contribution in [3.05, 3.63) is 11.8 Å². The Morgan fingerprint density at radius 3 is 3.16 bits per heavy atom. The zero-order valence-electron chi connectivity index (χ0n) is 11.2. The van der Waals surface area contributed by atoms with Gasteiger partial charge in [-0.25, -0.2) is 4.98 Å². The summed E-state index contributed by atoms with van der Waals surface area (Å²) >= 11 is 0. The minimum Gasteiger partial charge on any atom is -0.385 e.